The molecule has 0 aliphatic carbocycles. The molecule has 0 aromatic heterocycles. The van der Waals surface area contributed by atoms with Crippen molar-refractivity contribution in [2.24, 2.45) is 5.92 Å². The van der Waals surface area contributed by atoms with E-state index in [1.54, 1.807) is 38.1 Å². The van der Waals surface area contributed by atoms with Gasteiger partial charge in [-0.05, 0) is 36.5 Å². The van der Waals surface area contributed by atoms with Crippen LogP contribution in [0, 0.1) is 5.92 Å². The van der Waals surface area contributed by atoms with Crippen molar-refractivity contribution < 1.29 is 19.4 Å². The van der Waals surface area contributed by atoms with Crippen molar-refractivity contribution in [2.75, 3.05) is 11.9 Å². The Morgan fingerprint density at radius 2 is 1.90 bits per heavy atom. The van der Waals surface area contributed by atoms with Gasteiger partial charge in [0.15, 0.2) is 11.7 Å². The number of carboxylic acid groups (broad SMARTS) is 1. The Morgan fingerprint density at radius 1 is 1.30 bits per heavy atom. The molecule has 0 atom stereocenters. The summed E-state index contributed by atoms with van der Waals surface area (Å²) >= 11 is 5.00. The molecule has 0 aliphatic heterocycles. The summed E-state index contributed by atoms with van der Waals surface area (Å²) in [5.41, 5.74) is 0.668. The van der Waals surface area contributed by atoms with Crippen LogP contribution in [0.1, 0.15) is 13.8 Å². The number of hydrogen-bond acceptors (Lipinski definition) is 4. The van der Waals surface area contributed by atoms with Gasteiger partial charge in [-0.25, -0.2) is 4.79 Å². The number of benzene rings is 1. The maximum absolute atomic E-state index is 11.4. The van der Waals surface area contributed by atoms with Gasteiger partial charge in [-0.3, -0.25) is 4.79 Å². The quantitative estimate of drug-likeness (QED) is 0.716. The van der Waals surface area contributed by atoms with E-state index in [0.29, 0.717) is 11.4 Å². The second kappa shape index (κ2) is 7.44. The van der Waals surface area contributed by atoms with Crippen molar-refractivity contribution in [1.82, 2.24) is 5.32 Å². The number of rotatable bonds is 5. The maximum atomic E-state index is 11.4. The van der Waals surface area contributed by atoms with Crippen LogP contribution < -0.4 is 15.4 Å². The minimum Gasteiger partial charge on any atom is -0.482 e. The lowest BCUT2D eigenvalue weighted by molar-refractivity contribution is -0.139. The fourth-order valence-electron chi connectivity index (χ4n) is 1.20. The molecule has 0 saturated heterocycles. The number of carbonyl (C=O) groups is 2. The van der Waals surface area contributed by atoms with E-state index >= 15 is 0 Å². The Balaban J connectivity index is 2.50. The van der Waals surface area contributed by atoms with E-state index in [9.17, 15) is 9.59 Å². The summed E-state index contributed by atoms with van der Waals surface area (Å²) < 4.78 is 4.99. The third kappa shape index (κ3) is 5.66. The molecule has 1 amide bonds. The molecule has 1 rings (SSSR count). The van der Waals surface area contributed by atoms with Gasteiger partial charge in [-0.2, -0.15) is 0 Å². The highest BCUT2D eigenvalue weighted by Gasteiger charge is 2.08. The molecule has 0 spiro atoms. The van der Waals surface area contributed by atoms with E-state index in [2.05, 4.69) is 10.6 Å². The molecule has 20 heavy (non-hydrogen) atoms. The van der Waals surface area contributed by atoms with Gasteiger partial charge >= 0.3 is 5.97 Å². The van der Waals surface area contributed by atoms with E-state index in [-0.39, 0.29) is 16.9 Å². The first kappa shape index (κ1) is 15.9. The summed E-state index contributed by atoms with van der Waals surface area (Å²) in [5.74, 6) is -0.912. The second-order valence-corrected chi connectivity index (χ2v) is 4.71. The highest BCUT2D eigenvalue weighted by Crippen LogP contribution is 2.15. The molecule has 1 aromatic rings. The molecule has 1 aromatic carbocycles. The average molecular weight is 296 g/mol. The standard InChI is InChI=1S/C13H16N2O4S/c1-8(2)12(18)15-13(20)14-9-3-5-10(6-4-9)19-7-11(16)17/h3-6,8H,7H2,1-2H3,(H,16,17)(H2,14,15,18,20). The Kier molecular flexibility index (Phi) is 5.92. The van der Waals surface area contributed by atoms with Crippen molar-refractivity contribution in [3.63, 3.8) is 0 Å². The molecule has 6 nitrogen and oxygen atoms in total. The molecule has 108 valence electrons. The molecule has 7 heteroatoms. The van der Waals surface area contributed by atoms with Crippen LogP contribution in [0.3, 0.4) is 0 Å². The summed E-state index contributed by atoms with van der Waals surface area (Å²) in [5, 5.41) is 14.1. The first-order valence-corrected chi connectivity index (χ1v) is 6.36. The Hall–Kier alpha value is -2.15. The molecule has 0 fully saturated rings. The zero-order valence-electron chi connectivity index (χ0n) is 11.2. The van der Waals surface area contributed by atoms with E-state index in [0.717, 1.165) is 0 Å². The predicted molar refractivity (Wildman–Crippen MR) is 78.8 cm³/mol. The van der Waals surface area contributed by atoms with Gasteiger partial charge < -0.3 is 20.5 Å². The highest BCUT2D eigenvalue weighted by atomic mass is 32.1. The highest BCUT2D eigenvalue weighted by molar-refractivity contribution is 7.80. The number of thiocarbonyl (C=S) groups is 1. The van der Waals surface area contributed by atoms with Crippen molar-refractivity contribution in [3.8, 4) is 5.75 Å². The summed E-state index contributed by atoms with van der Waals surface area (Å²) in [6.45, 7) is 3.15. The first-order valence-electron chi connectivity index (χ1n) is 5.95. The molecule has 0 aliphatic rings. The SMILES string of the molecule is CC(C)C(=O)NC(=S)Nc1ccc(OCC(=O)O)cc1. The van der Waals surface area contributed by atoms with Gasteiger partial charge in [-0.1, -0.05) is 13.8 Å². The number of ether oxygens (including phenoxy) is 1. The lowest BCUT2D eigenvalue weighted by Gasteiger charge is -2.11. The monoisotopic (exact) mass is 296 g/mol. The van der Waals surface area contributed by atoms with Crippen LogP contribution in [0.15, 0.2) is 24.3 Å². The van der Waals surface area contributed by atoms with Crippen LogP contribution in [0.2, 0.25) is 0 Å². The van der Waals surface area contributed by atoms with Crippen molar-refractivity contribution in [1.29, 1.82) is 0 Å². The van der Waals surface area contributed by atoms with Crippen molar-refractivity contribution >= 4 is 34.9 Å². The van der Waals surface area contributed by atoms with Crippen LogP contribution in [0.25, 0.3) is 0 Å². The van der Waals surface area contributed by atoms with Gasteiger partial charge in [-0.15, -0.1) is 0 Å². The Bertz CT molecular complexity index is 500. The van der Waals surface area contributed by atoms with Crippen LogP contribution >= 0.6 is 12.2 Å². The van der Waals surface area contributed by atoms with E-state index < -0.39 is 12.6 Å². The van der Waals surface area contributed by atoms with Crippen LogP contribution in [-0.2, 0) is 9.59 Å². The third-order valence-electron chi connectivity index (χ3n) is 2.24. The average Bonchev–Trinajstić information content (AvgIpc) is 2.37. The molecule has 0 heterocycles. The summed E-state index contributed by atoms with van der Waals surface area (Å²) in [4.78, 5) is 21.8. The van der Waals surface area contributed by atoms with Gasteiger partial charge in [0.25, 0.3) is 0 Å². The van der Waals surface area contributed by atoms with E-state index in [1.165, 1.54) is 0 Å². The molecular formula is C13H16N2O4S. The lowest BCUT2D eigenvalue weighted by Crippen LogP contribution is -2.36. The number of nitrogens with one attached hydrogen (secondary N) is 2. The number of amides is 1. The summed E-state index contributed by atoms with van der Waals surface area (Å²) in [6, 6.07) is 6.56. The fourth-order valence-corrected chi connectivity index (χ4v) is 1.42. The van der Waals surface area contributed by atoms with Gasteiger partial charge in [0, 0.05) is 11.6 Å². The minimum atomic E-state index is -1.04. The maximum Gasteiger partial charge on any atom is 0.341 e. The number of aliphatic carboxylic acids is 1. The number of carboxylic acids is 1. The Morgan fingerprint density at radius 3 is 2.40 bits per heavy atom. The second-order valence-electron chi connectivity index (χ2n) is 4.30. The van der Waals surface area contributed by atoms with Gasteiger partial charge in [0.2, 0.25) is 5.91 Å². The number of carbonyl (C=O) groups excluding carboxylic acids is 1. The Labute approximate surface area is 122 Å². The molecular weight excluding hydrogens is 280 g/mol. The van der Waals surface area contributed by atoms with Gasteiger partial charge in [0.05, 0.1) is 0 Å². The van der Waals surface area contributed by atoms with E-state index in [4.69, 9.17) is 22.1 Å². The molecule has 0 bridgehead atoms. The molecule has 0 unspecified atom stereocenters. The molecule has 0 saturated carbocycles. The summed E-state index contributed by atoms with van der Waals surface area (Å²) in [7, 11) is 0. The lowest BCUT2D eigenvalue weighted by atomic mass is 10.2. The molecule has 0 radical (unpaired) electrons. The fraction of sp³-hybridized carbons (Fsp3) is 0.308. The largest absolute Gasteiger partial charge is 0.482 e. The first-order chi connectivity index (χ1) is 9.38. The topological polar surface area (TPSA) is 87.7 Å². The van der Waals surface area contributed by atoms with Crippen molar-refractivity contribution in [2.45, 2.75) is 13.8 Å². The van der Waals surface area contributed by atoms with Crippen molar-refractivity contribution in [3.05, 3.63) is 24.3 Å². The smallest absolute Gasteiger partial charge is 0.341 e. The van der Waals surface area contributed by atoms with Gasteiger partial charge in [0.1, 0.15) is 5.75 Å². The van der Waals surface area contributed by atoms with E-state index in [1.807, 2.05) is 0 Å². The van der Waals surface area contributed by atoms with Crippen LogP contribution in [-0.4, -0.2) is 28.7 Å². The third-order valence-corrected chi connectivity index (χ3v) is 2.44. The predicted octanol–water partition coefficient (Wildman–Crippen LogP) is 1.62. The zero-order valence-corrected chi connectivity index (χ0v) is 12.0. The number of anilines is 1. The van der Waals surface area contributed by atoms with Crippen LogP contribution in [0.4, 0.5) is 5.69 Å². The minimum absolute atomic E-state index is 0.151. The zero-order chi connectivity index (χ0) is 15.1. The molecule has 3 N–H and O–H groups in total. The number of hydrogen-bond donors (Lipinski definition) is 3. The summed E-state index contributed by atoms with van der Waals surface area (Å²) in [6.07, 6.45) is 0. The van der Waals surface area contributed by atoms with Crippen LogP contribution in [0.5, 0.6) is 5.75 Å². The normalized spacial score (nSPS) is 9.95.